The largest absolute Gasteiger partial charge is 0.466 e. The van der Waals surface area contributed by atoms with Crippen molar-refractivity contribution in [2.24, 2.45) is 0 Å². The molecule has 1 aliphatic heterocycles. The molecule has 148 valence electrons. The predicted octanol–water partition coefficient (Wildman–Crippen LogP) is 0.725. The van der Waals surface area contributed by atoms with Crippen molar-refractivity contribution < 1.29 is 27.9 Å². The number of esters is 1. The maximum atomic E-state index is 13.9. The molecule has 7 nitrogen and oxygen atoms in total. The van der Waals surface area contributed by atoms with Gasteiger partial charge in [-0.2, -0.15) is 0 Å². The Morgan fingerprint density at radius 2 is 2.15 bits per heavy atom. The highest BCUT2D eigenvalue weighted by atomic mass is 19.2. The Labute approximate surface area is 156 Å². The maximum absolute atomic E-state index is 13.9. The van der Waals surface area contributed by atoms with Crippen LogP contribution in [0.1, 0.15) is 25.3 Å². The molecule has 1 aromatic rings. The third-order valence-corrected chi connectivity index (χ3v) is 4.18. The number of benzene rings is 1. The van der Waals surface area contributed by atoms with Gasteiger partial charge in [0, 0.05) is 31.7 Å². The van der Waals surface area contributed by atoms with E-state index < -0.39 is 29.6 Å². The highest BCUT2D eigenvalue weighted by Gasteiger charge is 2.32. The van der Waals surface area contributed by atoms with Crippen molar-refractivity contribution in [3.8, 4) is 0 Å². The molecule has 1 unspecified atom stereocenters. The Balaban J connectivity index is 1.95. The molecular formula is C18H23F2N3O4. The van der Waals surface area contributed by atoms with Gasteiger partial charge in [0.05, 0.1) is 25.5 Å². The Bertz CT molecular complexity index is 699. The Morgan fingerprint density at radius 3 is 2.89 bits per heavy atom. The molecule has 0 aromatic heterocycles. The van der Waals surface area contributed by atoms with Crippen molar-refractivity contribution in [1.82, 2.24) is 15.5 Å². The van der Waals surface area contributed by atoms with E-state index in [0.29, 0.717) is 13.1 Å². The number of hydrogen-bond donors (Lipinski definition) is 2. The van der Waals surface area contributed by atoms with E-state index in [-0.39, 0.29) is 44.0 Å². The minimum atomic E-state index is -0.957. The Hall–Kier alpha value is -2.55. The average Bonchev–Trinajstić information content (AvgIpc) is 2.62. The van der Waals surface area contributed by atoms with E-state index in [1.54, 1.807) is 11.8 Å². The normalized spacial score (nSPS) is 17.3. The Morgan fingerprint density at radius 1 is 1.37 bits per heavy atom. The first kappa shape index (κ1) is 20.8. The van der Waals surface area contributed by atoms with Crippen LogP contribution in [0.15, 0.2) is 18.2 Å². The van der Waals surface area contributed by atoms with Crippen LogP contribution in [0.5, 0.6) is 0 Å². The summed E-state index contributed by atoms with van der Waals surface area (Å²) in [5, 5.41) is 5.23. The zero-order valence-corrected chi connectivity index (χ0v) is 15.1. The zero-order chi connectivity index (χ0) is 19.8. The molecule has 1 heterocycles. The quantitative estimate of drug-likeness (QED) is 0.646. The molecule has 1 saturated heterocycles. The summed E-state index contributed by atoms with van der Waals surface area (Å²) in [5.74, 6) is -3.09. The lowest BCUT2D eigenvalue weighted by Gasteiger charge is -2.34. The fraction of sp³-hybridized carbons (Fsp3) is 0.500. The van der Waals surface area contributed by atoms with Crippen molar-refractivity contribution >= 4 is 17.8 Å². The summed E-state index contributed by atoms with van der Waals surface area (Å²) < 4.78 is 32.1. The molecule has 2 rings (SSSR count). The number of piperazine rings is 1. The van der Waals surface area contributed by atoms with E-state index in [1.807, 2.05) is 0 Å². The summed E-state index contributed by atoms with van der Waals surface area (Å²) in [5.41, 5.74) is 0.123. The highest BCUT2D eigenvalue weighted by Crippen LogP contribution is 2.18. The van der Waals surface area contributed by atoms with Gasteiger partial charge in [-0.3, -0.25) is 19.3 Å². The molecule has 1 aromatic carbocycles. The van der Waals surface area contributed by atoms with Gasteiger partial charge in [-0.1, -0.05) is 12.1 Å². The third-order valence-electron chi connectivity index (χ3n) is 4.18. The second-order valence-electron chi connectivity index (χ2n) is 6.10. The molecule has 0 saturated carbocycles. The molecule has 0 spiro atoms. The van der Waals surface area contributed by atoms with Crippen LogP contribution in [0, 0.1) is 11.6 Å². The summed E-state index contributed by atoms with van der Waals surface area (Å²) in [6, 6.07) is 3.07. The molecule has 1 atom stereocenters. The molecule has 1 aliphatic rings. The molecule has 0 radical (unpaired) electrons. The number of carbonyl (C=O) groups excluding carboxylic acids is 3. The number of carbonyl (C=O) groups is 3. The van der Waals surface area contributed by atoms with Crippen LogP contribution in [-0.4, -0.2) is 55.0 Å². The second kappa shape index (κ2) is 9.96. The van der Waals surface area contributed by atoms with Gasteiger partial charge < -0.3 is 15.4 Å². The van der Waals surface area contributed by atoms with Gasteiger partial charge in [-0.25, -0.2) is 8.78 Å². The first-order valence-corrected chi connectivity index (χ1v) is 8.79. The van der Waals surface area contributed by atoms with Crippen molar-refractivity contribution in [1.29, 1.82) is 0 Å². The summed E-state index contributed by atoms with van der Waals surface area (Å²) in [6.45, 7) is 2.83. The molecule has 9 heteroatoms. The van der Waals surface area contributed by atoms with Crippen molar-refractivity contribution in [2.75, 3.05) is 26.2 Å². The monoisotopic (exact) mass is 383 g/mol. The molecule has 2 N–H and O–H groups in total. The van der Waals surface area contributed by atoms with Gasteiger partial charge in [0.2, 0.25) is 11.8 Å². The molecule has 0 aliphatic carbocycles. The van der Waals surface area contributed by atoms with Gasteiger partial charge in [-0.15, -0.1) is 0 Å². The second-order valence-corrected chi connectivity index (χ2v) is 6.10. The lowest BCUT2D eigenvalue weighted by atomic mass is 10.1. The molecule has 27 heavy (non-hydrogen) atoms. The van der Waals surface area contributed by atoms with Crippen molar-refractivity contribution in [3.05, 3.63) is 35.4 Å². The van der Waals surface area contributed by atoms with Gasteiger partial charge >= 0.3 is 5.97 Å². The summed E-state index contributed by atoms with van der Waals surface area (Å²) >= 11 is 0. The van der Waals surface area contributed by atoms with Crippen molar-refractivity contribution in [3.63, 3.8) is 0 Å². The maximum Gasteiger partial charge on any atom is 0.307 e. The highest BCUT2D eigenvalue weighted by molar-refractivity contribution is 5.89. The minimum Gasteiger partial charge on any atom is -0.466 e. The SMILES string of the molecule is CCOC(=O)CCNC(=O)CC1C(=O)NCCN1Cc1cccc(F)c1F. The zero-order valence-electron chi connectivity index (χ0n) is 15.1. The number of halogens is 2. The lowest BCUT2D eigenvalue weighted by molar-refractivity contribution is -0.143. The van der Waals surface area contributed by atoms with Crippen molar-refractivity contribution in [2.45, 2.75) is 32.4 Å². The topological polar surface area (TPSA) is 87.7 Å². The van der Waals surface area contributed by atoms with Crippen LogP contribution in [0.2, 0.25) is 0 Å². The number of nitrogens with one attached hydrogen (secondary N) is 2. The molecular weight excluding hydrogens is 360 g/mol. The smallest absolute Gasteiger partial charge is 0.307 e. The number of nitrogens with zero attached hydrogens (tertiary/aromatic N) is 1. The first-order valence-electron chi connectivity index (χ1n) is 8.79. The molecule has 2 amide bonds. The van der Waals surface area contributed by atoms with Crippen LogP contribution in [0.4, 0.5) is 8.78 Å². The van der Waals surface area contributed by atoms with Crippen LogP contribution in [-0.2, 0) is 25.7 Å². The van der Waals surface area contributed by atoms with Crippen LogP contribution < -0.4 is 10.6 Å². The fourth-order valence-electron chi connectivity index (χ4n) is 2.85. The fourth-order valence-corrected chi connectivity index (χ4v) is 2.85. The number of rotatable bonds is 8. The number of ether oxygens (including phenoxy) is 1. The number of hydrogen-bond acceptors (Lipinski definition) is 5. The van der Waals surface area contributed by atoms with E-state index in [2.05, 4.69) is 10.6 Å². The van der Waals surface area contributed by atoms with Crippen LogP contribution in [0.25, 0.3) is 0 Å². The average molecular weight is 383 g/mol. The van der Waals surface area contributed by atoms with E-state index in [1.165, 1.54) is 12.1 Å². The van der Waals surface area contributed by atoms with E-state index in [0.717, 1.165) is 6.07 Å². The molecule has 1 fully saturated rings. The van der Waals surface area contributed by atoms with Gasteiger partial charge in [0.25, 0.3) is 0 Å². The van der Waals surface area contributed by atoms with Crippen LogP contribution >= 0.6 is 0 Å². The standard InChI is InChI=1S/C18H23F2N3O4/c1-2-27-16(25)6-7-21-15(24)10-14-18(26)22-8-9-23(14)11-12-4-3-5-13(19)17(12)20/h3-5,14H,2,6-11H2,1H3,(H,21,24)(H,22,26). The van der Waals surface area contributed by atoms with E-state index >= 15 is 0 Å². The van der Waals surface area contributed by atoms with E-state index in [9.17, 15) is 23.2 Å². The number of amides is 2. The lowest BCUT2D eigenvalue weighted by Crippen LogP contribution is -2.56. The van der Waals surface area contributed by atoms with Crippen LogP contribution in [0.3, 0.4) is 0 Å². The van der Waals surface area contributed by atoms with Gasteiger partial charge in [0.1, 0.15) is 0 Å². The van der Waals surface area contributed by atoms with Gasteiger partial charge in [0.15, 0.2) is 11.6 Å². The molecule has 0 bridgehead atoms. The summed E-state index contributed by atoms with van der Waals surface area (Å²) in [6.07, 6.45) is -0.111. The predicted molar refractivity (Wildman–Crippen MR) is 92.4 cm³/mol. The minimum absolute atomic E-state index is 0.0117. The first-order chi connectivity index (χ1) is 12.9. The third kappa shape index (κ3) is 5.99. The van der Waals surface area contributed by atoms with Gasteiger partial charge in [-0.05, 0) is 13.0 Å². The summed E-state index contributed by atoms with van der Waals surface area (Å²) in [4.78, 5) is 37.2. The van der Waals surface area contributed by atoms with E-state index in [4.69, 9.17) is 4.74 Å². The summed E-state index contributed by atoms with van der Waals surface area (Å²) in [7, 11) is 0. The Kier molecular flexibility index (Phi) is 7.66.